The summed E-state index contributed by atoms with van der Waals surface area (Å²) in [4.78, 5) is 0. The van der Waals surface area contributed by atoms with Gasteiger partial charge in [0.15, 0.2) is 5.03 Å². The van der Waals surface area contributed by atoms with Crippen molar-refractivity contribution >= 4 is 21.8 Å². The van der Waals surface area contributed by atoms with Gasteiger partial charge in [0, 0.05) is 29.6 Å². The number of nitrogens with zero attached hydrogens (tertiary/aromatic N) is 1. The largest absolute Gasteiger partial charge is 0.316 e. The third-order valence-electron chi connectivity index (χ3n) is 2.57. The molecule has 1 rings (SSSR count). The van der Waals surface area contributed by atoms with Crippen molar-refractivity contribution in [2.24, 2.45) is 0 Å². The molecule has 8 heteroatoms. The number of H-pyrrole nitrogens is 1. The molecular formula is C11H22N4O2S2. The lowest BCUT2D eigenvalue weighted by Crippen LogP contribution is -2.35. The highest BCUT2D eigenvalue weighted by Crippen LogP contribution is 2.16. The zero-order chi connectivity index (χ0) is 14.5. The summed E-state index contributed by atoms with van der Waals surface area (Å²) in [5.74, 6) is 1.72. The van der Waals surface area contributed by atoms with Crippen LogP contribution in [0.25, 0.3) is 0 Å². The van der Waals surface area contributed by atoms with Crippen LogP contribution in [0.2, 0.25) is 0 Å². The summed E-state index contributed by atoms with van der Waals surface area (Å²) < 4.78 is 27.2. The molecule has 0 aliphatic heterocycles. The van der Waals surface area contributed by atoms with Gasteiger partial charge in [-0.15, -0.1) is 0 Å². The first kappa shape index (κ1) is 16.5. The summed E-state index contributed by atoms with van der Waals surface area (Å²) >= 11 is 1.70. The van der Waals surface area contributed by atoms with Crippen LogP contribution in [0.1, 0.15) is 25.1 Å². The number of nitrogens with one attached hydrogen (secondary N) is 3. The van der Waals surface area contributed by atoms with Gasteiger partial charge in [-0.3, -0.25) is 5.10 Å². The van der Waals surface area contributed by atoms with Gasteiger partial charge in [-0.05, 0) is 26.6 Å². The van der Waals surface area contributed by atoms with Gasteiger partial charge in [0.05, 0.1) is 0 Å². The van der Waals surface area contributed by atoms with Crippen LogP contribution >= 0.6 is 11.8 Å². The van der Waals surface area contributed by atoms with E-state index in [0.717, 1.165) is 17.2 Å². The van der Waals surface area contributed by atoms with Crippen molar-refractivity contribution in [3.05, 3.63) is 11.3 Å². The summed E-state index contributed by atoms with van der Waals surface area (Å²) in [7, 11) is -1.79. The molecule has 0 aliphatic carbocycles. The van der Waals surface area contributed by atoms with E-state index in [-0.39, 0.29) is 11.1 Å². The Balaban J connectivity index is 2.88. The molecule has 0 amide bonds. The molecule has 1 heterocycles. The zero-order valence-electron chi connectivity index (χ0n) is 11.8. The van der Waals surface area contributed by atoms with E-state index in [9.17, 15) is 8.42 Å². The van der Waals surface area contributed by atoms with E-state index in [1.165, 1.54) is 0 Å². The average molecular weight is 306 g/mol. The minimum Gasteiger partial charge on any atom is -0.316 e. The maximum atomic E-state index is 12.3. The van der Waals surface area contributed by atoms with Gasteiger partial charge in [0.25, 0.3) is 10.0 Å². The third kappa shape index (κ3) is 4.48. The molecule has 6 nitrogen and oxygen atoms in total. The molecule has 110 valence electrons. The summed E-state index contributed by atoms with van der Waals surface area (Å²) in [5, 5.41) is 9.69. The van der Waals surface area contributed by atoms with Crippen LogP contribution in [0.4, 0.5) is 0 Å². The molecule has 0 fully saturated rings. The fourth-order valence-electron chi connectivity index (χ4n) is 1.69. The van der Waals surface area contributed by atoms with E-state index in [2.05, 4.69) is 20.2 Å². The number of hydrogen-bond donors (Lipinski definition) is 3. The monoisotopic (exact) mass is 306 g/mol. The Morgan fingerprint density at radius 1 is 1.47 bits per heavy atom. The summed E-state index contributed by atoms with van der Waals surface area (Å²) in [5.41, 5.74) is 1.45. The van der Waals surface area contributed by atoms with Crippen molar-refractivity contribution in [2.45, 2.75) is 38.4 Å². The Hall–Kier alpha value is -0.570. The SMILES string of the molecule is CCSCC(C)NS(=O)(=O)c1n[nH]c(C)c1CNC. The number of aromatic amines is 1. The van der Waals surface area contributed by atoms with Gasteiger partial charge < -0.3 is 5.32 Å². The molecule has 0 bridgehead atoms. The van der Waals surface area contributed by atoms with E-state index in [0.29, 0.717) is 12.1 Å². The molecule has 0 saturated carbocycles. The smallest absolute Gasteiger partial charge is 0.260 e. The van der Waals surface area contributed by atoms with Crippen molar-refractivity contribution in [3.8, 4) is 0 Å². The van der Waals surface area contributed by atoms with Crippen LogP contribution in [-0.2, 0) is 16.6 Å². The van der Waals surface area contributed by atoms with Crippen molar-refractivity contribution in [2.75, 3.05) is 18.6 Å². The highest BCUT2D eigenvalue weighted by Gasteiger charge is 2.24. The van der Waals surface area contributed by atoms with E-state index >= 15 is 0 Å². The normalized spacial score (nSPS) is 13.7. The van der Waals surface area contributed by atoms with Gasteiger partial charge in [-0.1, -0.05) is 6.92 Å². The first-order valence-electron chi connectivity index (χ1n) is 6.20. The lowest BCUT2D eigenvalue weighted by Gasteiger charge is -2.13. The summed E-state index contributed by atoms with van der Waals surface area (Å²) in [6.45, 7) is 6.19. The Morgan fingerprint density at radius 2 is 2.16 bits per heavy atom. The molecule has 0 spiro atoms. The van der Waals surface area contributed by atoms with Crippen molar-refractivity contribution in [3.63, 3.8) is 0 Å². The molecule has 0 radical (unpaired) electrons. The van der Waals surface area contributed by atoms with Gasteiger partial charge in [-0.25, -0.2) is 13.1 Å². The van der Waals surface area contributed by atoms with E-state index in [4.69, 9.17) is 0 Å². The quantitative estimate of drug-likeness (QED) is 0.663. The molecule has 1 unspecified atom stereocenters. The van der Waals surface area contributed by atoms with Crippen LogP contribution in [0, 0.1) is 6.92 Å². The van der Waals surface area contributed by atoms with E-state index in [1.54, 1.807) is 18.8 Å². The van der Waals surface area contributed by atoms with Crippen molar-refractivity contribution in [1.29, 1.82) is 0 Å². The number of thioether (sulfide) groups is 1. The van der Waals surface area contributed by atoms with Gasteiger partial charge in [0.2, 0.25) is 0 Å². The lowest BCUT2D eigenvalue weighted by molar-refractivity contribution is 0.564. The lowest BCUT2D eigenvalue weighted by atomic mass is 10.3. The maximum absolute atomic E-state index is 12.3. The molecule has 1 aromatic rings. The predicted molar refractivity (Wildman–Crippen MR) is 78.9 cm³/mol. The minimum absolute atomic E-state index is 0.0905. The molecule has 19 heavy (non-hydrogen) atoms. The van der Waals surface area contributed by atoms with E-state index in [1.807, 2.05) is 20.8 Å². The van der Waals surface area contributed by atoms with Crippen LogP contribution in [0.15, 0.2) is 5.03 Å². The minimum atomic E-state index is -3.57. The first-order valence-corrected chi connectivity index (χ1v) is 8.84. The third-order valence-corrected chi connectivity index (χ3v) is 5.28. The fourth-order valence-corrected chi connectivity index (χ4v) is 3.90. The second kappa shape index (κ2) is 7.28. The average Bonchev–Trinajstić information content (AvgIpc) is 2.69. The van der Waals surface area contributed by atoms with Crippen molar-refractivity contribution < 1.29 is 8.42 Å². The maximum Gasteiger partial charge on any atom is 0.260 e. The second-order valence-electron chi connectivity index (χ2n) is 4.34. The first-order chi connectivity index (χ1) is 8.92. The number of aryl methyl sites for hydroxylation is 1. The molecule has 0 aromatic carbocycles. The summed E-state index contributed by atoms with van der Waals surface area (Å²) in [6, 6.07) is -0.116. The number of aromatic nitrogens is 2. The highest BCUT2D eigenvalue weighted by molar-refractivity contribution is 7.99. The molecule has 3 N–H and O–H groups in total. The molecular weight excluding hydrogens is 284 g/mol. The number of sulfonamides is 1. The number of hydrogen-bond acceptors (Lipinski definition) is 5. The topological polar surface area (TPSA) is 86.9 Å². The molecule has 1 atom stereocenters. The van der Waals surface area contributed by atoms with E-state index < -0.39 is 10.0 Å². The Bertz CT molecular complexity index is 499. The van der Waals surface area contributed by atoms with Crippen LogP contribution in [0.5, 0.6) is 0 Å². The molecule has 0 saturated heterocycles. The highest BCUT2D eigenvalue weighted by atomic mass is 32.2. The van der Waals surface area contributed by atoms with Crippen LogP contribution in [-0.4, -0.2) is 43.2 Å². The zero-order valence-corrected chi connectivity index (χ0v) is 13.4. The van der Waals surface area contributed by atoms with Gasteiger partial charge in [0.1, 0.15) is 0 Å². The predicted octanol–water partition coefficient (Wildman–Crippen LogP) is 0.857. The molecule has 0 aliphatic rings. The van der Waals surface area contributed by atoms with Gasteiger partial charge in [-0.2, -0.15) is 16.9 Å². The Kier molecular flexibility index (Phi) is 6.31. The van der Waals surface area contributed by atoms with Crippen molar-refractivity contribution in [1.82, 2.24) is 20.2 Å². The van der Waals surface area contributed by atoms with Crippen LogP contribution < -0.4 is 10.0 Å². The Labute approximate surface area is 119 Å². The molecule has 1 aromatic heterocycles. The Morgan fingerprint density at radius 3 is 2.74 bits per heavy atom. The number of rotatable bonds is 8. The standard InChI is InChI=1S/C11H22N4O2S2/c1-5-18-7-8(2)15-19(16,17)11-10(6-12-4)9(3)13-14-11/h8,12,15H,5-7H2,1-4H3,(H,13,14). The fraction of sp³-hybridized carbons (Fsp3) is 0.727. The van der Waals surface area contributed by atoms with Gasteiger partial charge >= 0.3 is 0 Å². The summed E-state index contributed by atoms with van der Waals surface area (Å²) in [6.07, 6.45) is 0. The van der Waals surface area contributed by atoms with Crippen LogP contribution in [0.3, 0.4) is 0 Å². The second-order valence-corrected chi connectivity index (χ2v) is 7.29.